The maximum Gasteiger partial charge on any atom is 0.329 e. The second-order valence-electron chi connectivity index (χ2n) is 7.91. The first-order valence-corrected chi connectivity index (χ1v) is 11.6. The van der Waals surface area contributed by atoms with Crippen LogP contribution in [-0.2, 0) is 22.4 Å². The molecule has 33 heavy (non-hydrogen) atoms. The Balaban J connectivity index is 1.36. The highest BCUT2D eigenvalue weighted by Gasteiger charge is 2.23. The quantitative estimate of drug-likeness (QED) is 0.200. The predicted octanol–water partition coefficient (Wildman–Crippen LogP) is 4.89. The molecule has 7 heteroatoms. The summed E-state index contributed by atoms with van der Waals surface area (Å²) in [6, 6.07) is 20.2. The summed E-state index contributed by atoms with van der Waals surface area (Å²) in [6.07, 6.45) is 5.41. The maximum absolute atomic E-state index is 12.5. The summed E-state index contributed by atoms with van der Waals surface area (Å²) in [4.78, 5) is 26.0. The fraction of sp³-hybridized carbons (Fsp3) is 0.154. The van der Waals surface area contributed by atoms with Gasteiger partial charge in [0.2, 0.25) is 0 Å². The van der Waals surface area contributed by atoms with Gasteiger partial charge >= 0.3 is 11.8 Å². The molecule has 6 nitrogen and oxygen atoms in total. The zero-order chi connectivity index (χ0) is 22.8. The zero-order valence-corrected chi connectivity index (χ0v) is 18.5. The van der Waals surface area contributed by atoms with Crippen molar-refractivity contribution in [3.63, 3.8) is 0 Å². The van der Waals surface area contributed by atoms with Crippen LogP contribution in [-0.4, -0.2) is 18.0 Å². The Hall–Kier alpha value is -4.02. The monoisotopic (exact) mass is 452 g/mol. The summed E-state index contributed by atoms with van der Waals surface area (Å²) in [5.41, 5.74) is 4.66. The molecule has 1 aromatic heterocycles. The second-order valence-corrected chi connectivity index (χ2v) is 9.02. The Labute approximate surface area is 194 Å². The van der Waals surface area contributed by atoms with Gasteiger partial charge in [0.05, 0.1) is 11.8 Å². The van der Waals surface area contributed by atoms with Gasteiger partial charge in [-0.15, -0.1) is 11.3 Å². The lowest BCUT2D eigenvalue weighted by Gasteiger charge is -2.09. The Kier molecular flexibility index (Phi) is 5.59. The summed E-state index contributed by atoms with van der Waals surface area (Å²) in [5, 5.41) is 20.8. The molecule has 5 rings (SSSR count). The van der Waals surface area contributed by atoms with E-state index in [4.69, 9.17) is 0 Å². The number of nitrogens with one attached hydrogen (secondary N) is 2. The lowest BCUT2D eigenvalue weighted by molar-refractivity contribution is -0.136. The molecule has 1 heterocycles. The predicted molar refractivity (Wildman–Crippen MR) is 131 cm³/mol. The lowest BCUT2D eigenvalue weighted by Crippen LogP contribution is -2.32. The van der Waals surface area contributed by atoms with Crippen molar-refractivity contribution in [2.75, 3.05) is 5.32 Å². The minimum Gasteiger partial charge on any atom is -0.308 e. The van der Waals surface area contributed by atoms with Gasteiger partial charge in [-0.3, -0.25) is 9.59 Å². The van der Waals surface area contributed by atoms with E-state index >= 15 is 0 Å². The number of amides is 2. The number of hydrogen-bond donors (Lipinski definition) is 2. The summed E-state index contributed by atoms with van der Waals surface area (Å²) < 4.78 is 0. The zero-order valence-electron chi connectivity index (χ0n) is 17.7. The summed E-state index contributed by atoms with van der Waals surface area (Å²) >= 11 is 1.38. The van der Waals surface area contributed by atoms with Crippen molar-refractivity contribution >= 4 is 55.9 Å². The number of rotatable bonds is 3. The van der Waals surface area contributed by atoms with Crippen molar-refractivity contribution < 1.29 is 9.59 Å². The highest BCUT2D eigenvalue weighted by atomic mass is 32.1. The van der Waals surface area contributed by atoms with E-state index in [1.165, 1.54) is 11.3 Å². The largest absolute Gasteiger partial charge is 0.329 e. The van der Waals surface area contributed by atoms with Crippen LogP contribution >= 0.6 is 11.3 Å². The number of carbonyl (C=O) groups excluding carboxylic acids is 2. The number of anilines is 1. The standard InChI is InChI=1S/C26H20N4O2S/c27-14-21-20-11-5-6-12-23(20)33-26(21)29-24(31)25(32)30-28-15-22-18-9-3-1-7-16(18)13-17-8-2-4-10-19(17)22/h1-4,7-10,13,15H,5-6,11-12H2,(H,29,31)(H,30,32)/b28-15-. The van der Waals surface area contributed by atoms with Crippen molar-refractivity contribution in [2.24, 2.45) is 5.10 Å². The van der Waals surface area contributed by atoms with Crippen LogP contribution < -0.4 is 10.7 Å². The van der Waals surface area contributed by atoms with Gasteiger partial charge < -0.3 is 5.32 Å². The summed E-state index contributed by atoms with van der Waals surface area (Å²) in [6.45, 7) is 0. The molecule has 2 N–H and O–H groups in total. The number of nitriles is 1. The Morgan fingerprint density at radius 2 is 1.64 bits per heavy atom. The van der Waals surface area contributed by atoms with Crippen molar-refractivity contribution in [2.45, 2.75) is 25.7 Å². The normalized spacial score (nSPS) is 13.1. The van der Waals surface area contributed by atoms with Crippen LogP contribution in [0.25, 0.3) is 21.5 Å². The molecule has 0 bridgehead atoms. The van der Waals surface area contributed by atoms with E-state index in [0.29, 0.717) is 10.6 Å². The molecule has 0 saturated carbocycles. The third-order valence-electron chi connectivity index (χ3n) is 5.89. The van der Waals surface area contributed by atoms with E-state index in [2.05, 4.69) is 28.0 Å². The molecule has 0 aliphatic heterocycles. The van der Waals surface area contributed by atoms with Crippen molar-refractivity contribution in [3.05, 3.63) is 76.2 Å². The van der Waals surface area contributed by atoms with E-state index in [-0.39, 0.29) is 0 Å². The molecule has 4 aromatic rings. The van der Waals surface area contributed by atoms with Crippen LogP contribution in [0.3, 0.4) is 0 Å². The highest BCUT2D eigenvalue weighted by molar-refractivity contribution is 7.16. The van der Waals surface area contributed by atoms with Crippen molar-refractivity contribution in [1.29, 1.82) is 5.26 Å². The third-order valence-corrected chi connectivity index (χ3v) is 7.10. The first kappa shape index (κ1) is 20.9. The van der Waals surface area contributed by atoms with Gasteiger partial charge in [0.25, 0.3) is 0 Å². The fourth-order valence-corrected chi connectivity index (χ4v) is 5.56. The number of fused-ring (bicyclic) bond motifs is 3. The number of hydrogen-bond acceptors (Lipinski definition) is 5. The number of benzene rings is 3. The third kappa shape index (κ3) is 3.97. The molecule has 0 fully saturated rings. The maximum atomic E-state index is 12.5. The van der Waals surface area contributed by atoms with Crippen molar-refractivity contribution in [3.8, 4) is 6.07 Å². The molecule has 3 aromatic carbocycles. The molecular formula is C26H20N4O2S. The molecule has 1 aliphatic carbocycles. The number of hydrazone groups is 1. The van der Waals surface area contributed by atoms with Crippen LogP contribution in [0.1, 0.15) is 34.4 Å². The molecule has 162 valence electrons. The Bertz CT molecular complexity index is 1430. The number of aryl methyl sites for hydroxylation is 1. The van der Waals surface area contributed by atoms with Crippen LogP contribution in [0, 0.1) is 11.3 Å². The molecule has 1 aliphatic rings. The SMILES string of the molecule is N#Cc1c(NC(=O)C(=O)N/N=C\c2c3ccccc3cc3ccccc23)sc2c1CCCC2. The van der Waals surface area contributed by atoms with Crippen LogP contribution in [0.5, 0.6) is 0 Å². The van der Waals surface area contributed by atoms with Gasteiger partial charge in [0.15, 0.2) is 0 Å². The van der Waals surface area contributed by atoms with E-state index in [1.54, 1.807) is 6.21 Å². The van der Waals surface area contributed by atoms with Gasteiger partial charge in [-0.25, -0.2) is 5.43 Å². The second kappa shape index (κ2) is 8.85. The molecule has 0 unspecified atom stereocenters. The minimum absolute atomic E-state index is 0.438. The smallest absolute Gasteiger partial charge is 0.308 e. The van der Waals surface area contributed by atoms with E-state index in [9.17, 15) is 14.9 Å². The topological polar surface area (TPSA) is 94.4 Å². The van der Waals surface area contributed by atoms with E-state index in [1.807, 2.05) is 48.5 Å². The fourth-order valence-electron chi connectivity index (χ4n) is 4.33. The van der Waals surface area contributed by atoms with Crippen molar-refractivity contribution in [1.82, 2.24) is 5.43 Å². The lowest BCUT2D eigenvalue weighted by atomic mass is 9.96. The molecule has 0 spiro atoms. The molecule has 0 atom stereocenters. The summed E-state index contributed by atoms with van der Waals surface area (Å²) in [5.74, 6) is -1.73. The average molecular weight is 453 g/mol. The molecular weight excluding hydrogens is 432 g/mol. The van der Waals surface area contributed by atoms with E-state index < -0.39 is 11.8 Å². The van der Waals surface area contributed by atoms with Gasteiger partial charge in [-0.1, -0.05) is 48.5 Å². The van der Waals surface area contributed by atoms with Gasteiger partial charge in [-0.2, -0.15) is 10.4 Å². The van der Waals surface area contributed by atoms with Crippen LogP contribution in [0.15, 0.2) is 59.7 Å². The average Bonchev–Trinajstić information content (AvgIpc) is 3.20. The number of carbonyl (C=O) groups is 2. The summed E-state index contributed by atoms with van der Waals surface area (Å²) in [7, 11) is 0. The number of thiophene rings is 1. The van der Waals surface area contributed by atoms with E-state index in [0.717, 1.165) is 63.2 Å². The Morgan fingerprint density at radius 1 is 0.970 bits per heavy atom. The first-order valence-electron chi connectivity index (χ1n) is 10.7. The first-order chi connectivity index (χ1) is 16.2. The molecule has 0 saturated heterocycles. The molecule has 0 radical (unpaired) electrons. The minimum atomic E-state index is -0.883. The van der Waals surface area contributed by atoms with Crippen LogP contribution in [0.4, 0.5) is 5.00 Å². The number of nitrogens with zero attached hydrogens (tertiary/aromatic N) is 2. The van der Waals surface area contributed by atoms with Crippen LogP contribution in [0.2, 0.25) is 0 Å². The van der Waals surface area contributed by atoms with Gasteiger partial charge in [-0.05, 0) is 58.9 Å². The highest BCUT2D eigenvalue weighted by Crippen LogP contribution is 2.37. The van der Waals surface area contributed by atoms with Gasteiger partial charge in [0, 0.05) is 10.4 Å². The molecule has 2 amide bonds. The van der Waals surface area contributed by atoms with Gasteiger partial charge in [0.1, 0.15) is 11.1 Å². The Morgan fingerprint density at radius 3 is 2.33 bits per heavy atom.